The van der Waals surface area contributed by atoms with Gasteiger partial charge in [0.1, 0.15) is 11.8 Å². The van der Waals surface area contributed by atoms with E-state index in [9.17, 15) is 14.7 Å². The van der Waals surface area contributed by atoms with Gasteiger partial charge in [-0.3, -0.25) is 4.79 Å². The smallest absolute Gasteiger partial charge is 0.338 e. The van der Waals surface area contributed by atoms with Gasteiger partial charge in [-0.15, -0.1) is 5.10 Å². The van der Waals surface area contributed by atoms with E-state index in [-0.39, 0.29) is 18.3 Å². The van der Waals surface area contributed by atoms with Crippen molar-refractivity contribution in [2.45, 2.75) is 19.9 Å². The highest BCUT2D eigenvalue weighted by atomic mass is 16.5. The standard InChI is InChI=1S/C28H25N5O4/c1-3-37-27(36)20-9-13-21(14-10-20)30-26(35)23-17(2)29-28-31-25(19-7-5-4-6-8-19)32-33(28)24(23)18-11-15-22(34)16-12-18/h4-16,24,34H,3H2,1-2H3,(H,30,35)(H,29,31,32). The first kappa shape index (κ1) is 23.8. The highest BCUT2D eigenvalue weighted by molar-refractivity contribution is 6.06. The number of aromatic hydroxyl groups is 1. The summed E-state index contributed by atoms with van der Waals surface area (Å²) >= 11 is 0. The Hall–Kier alpha value is -4.92. The highest BCUT2D eigenvalue weighted by Gasteiger charge is 2.34. The van der Waals surface area contributed by atoms with Crippen LogP contribution in [0.3, 0.4) is 0 Å². The summed E-state index contributed by atoms with van der Waals surface area (Å²) in [6.45, 7) is 3.84. The van der Waals surface area contributed by atoms with Crippen molar-refractivity contribution >= 4 is 23.5 Å². The Balaban J connectivity index is 1.50. The minimum atomic E-state index is -0.597. The molecule has 9 nitrogen and oxygen atoms in total. The van der Waals surface area contributed by atoms with E-state index >= 15 is 0 Å². The Morgan fingerprint density at radius 2 is 1.73 bits per heavy atom. The number of nitrogens with one attached hydrogen (secondary N) is 2. The van der Waals surface area contributed by atoms with Crippen LogP contribution in [0.2, 0.25) is 0 Å². The number of fused-ring (bicyclic) bond motifs is 1. The molecule has 1 amide bonds. The third-order valence-corrected chi connectivity index (χ3v) is 5.99. The molecule has 9 heteroatoms. The first-order chi connectivity index (χ1) is 17.9. The molecule has 37 heavy (non-hydrogen) atoms. The Morgan fingerprint density at radius 1 is 1.03 bits per heavy atom. The number of allylic oxidation sites excluding steroid dienone is 1. The molecule has 1 aliphatic rings. The van der Waals surface area contributed by atoms with Crippen LogP contribution in [0, 0.1) is 0 Å². The summed E-state index contributed by atoms with van der Waals surface area (Å²) in [5.74, 6) is 0.389. The summed E-state index contributed by atoms with van der Waals surface area (Å²) in [5, 5.41) is 20.7. The molecule has 0 saturated carbocycles. The molecule has 0 radical (unpaired) electrons. The van der Waals surface area contributed by atoms with Gasteiger partial charge < -0.3 is 20.5 Å². The molecule has 4 aromatic rings. The monoisotopic (exact) mass is 495 g/mol. The molecule has 0 aliphatic carbocycles. The average molecular weight is 496 g/mol. The molecule has 0 saturated heterocycles. The normalized spacial score (nSPS) is 14.5. The molecule has 1 aliphatic heterocycles. The maximum Gasteiger partial charge on any atom is 0.338 e. The van der Waals surface area contributed by atoms with Crippen molar-refractivity contribution < 1.29 is 19.4 Å². The third kappa shape index (κ3) is 4.79. The zero-order chi connectivity index (χ0) is 25.9. The van der Waals surface area contributed by atoms with Crippen molar-refractivity contribution in [1.82, 2.24) is 14.8 Å². The molecular formula is C28H25N5O4. The molecule has 5 rings (SSSR count). The van der Waals surface area contributed by atoms with Gasteiger partial charge in [-0.05, 0) is 55.8 Å². The second-order valence-electron chi connectivity index (χ2n) is 8.48. The van der Waals surface area contributed by atoms with E-state index in [0.29, 0.717) is 34.3 Å². The molecule has 1 aromatic heterocycles. The second-order valence-corrected chi connectivity index (χ2v) is 8.48. The Kier molecular flexibility index (Phi) is 6.42. The molecular weight excluding hydrogens is 470 g/mol. The molecule has 1 unspecified atom stereocenters. The van der Waals surface area contributed by atoms with Crippen molar-refractivity contribution in [2.24, 2.45) is 0 Å². The summed E-state index contributed by atoms with van der Waals surface area (Å²) in [7, 11) is 0. The topological polar surface area (TPSA) is 118 Å². The Bertz CT molecular complexity index is 1480. The van der Waals surface area contributed by atoms with Crippen LogP contribution in [0.4, 0.5) is 11.6 Å². The maximum absolute atomic E-state index is 13.6. The van der Waals surface area contributed by atoms with E-state index in [2.05, 4.69) is 15.6 Å². The number of phenols is 1. The van der Waals surface area contributed by atoms with E-state index in [1.807, 2.05) is 37.3 Å². The van der Waals surface area contributed by atoms with E-state index in [0.717, 1.165) is 11.1 Å². The molecule has 1 atom stereocenters. The minimum absolute atomic E-state index is 0.120. The van der Waals surface area contributed by atoms with Crippen LogP contribution < -0.4 is 10.6 Å². The number of amides is 1. The molecule has 0 fully saturated rings. The lowest BCUT2D eigenvalue weighted by Crippen LogP contribution is -2.31. The van der Waals surface area contributed by atoms with Crippen molar-refractivity contribution in [3.05, 3.63) is 101 Å². The SMILES string of the molecule is CCOC(=O)c1ccc(NC(=O)C2=C(C)Nc3nc(-c4ccccc4)nn3C2c2ccc(O)cc2)cc1. The van der Waals surface area contributed by atoms with Crippen molar-refractivity contribution in [2.75, 3.05) is 17.2 Å². The summed E-state index contributed by atoms with van der Waals surface area (Å²) in [6.07, 6.45) is 0. The van der Waals surface area contributed by atoms with E-state index in [1.165, 1.54) is 0 Å². The lowest BCUT2D eigenvalue weighted by atomic mass is 9.95. The zero-order valence-corrected chi connectivity index (χ0v) is 20.3. The number of ether oxygens (including phenoxy) is 1. The molecule has 0 spiro atoms. The fraction of sp³-hybridized carbons (Fsp3) is 0.143. The number of hydrogen-bond acceptors (Lipinski definition) is 7. The molecule has 2 heterocycles. The number of anilines is 2. The number of rotatable bonds is 6. The number of carbonyl (C=O) groups is 2. The van der Waals surface area contributed by atoms with Crippen LogP contribution in [-0.4, -0.2) is 38.4 Å². The predicted molar refractivity (Wildman–Crippen MR) is 139 cm³/mol. The fourth-order valence-corrected chi connectivity index (χ4v) is 4.22. The van der Waals surface area contributed by atoms with Crippen LogP contribution in [0.25, 0.3) is 11.4 Å². The number of benzene rings is 3. The van der Waals surface area contributed by atoms with Crippen molar-refractivity contribution in [3.63, 3.8) is 0 Å². The van der Waals surface area contributed by atoms with Crippen molar-refractivity contribution in [3.8, 4) is 17.1 Å². The number of phenolic OH excluding ortho intramolecular Hbond substituents is 1. The van der Waals surface area contributed by atoms with Gasteiger partial charge in [-0.25, -0.2) is 9.48 Å². The third-order valence-electron chi connectivity index (χ3n) is 5.99. The van der Waals surface area contributed by atoms with Crippen LogP contribution in [0.15, 0.2) is 90.1 Å². The average Bonchev–Trinajstić information content (AvgIpc) is 3.33. The molecule has 3 aromatic carbocycles. The summed E-state index contributed by atoms with van der Waals surface area (Å²) < 4.78 is 6.70. The summed E-state index contributed by atoms with van der Waals surface area (Å²) in [6, 6.07) is 22.2. The van der Waals surface area contributed by atoms with Gasteiger partial charge in [0.05, 0.1) is 17.7 Å². The largest absolute Gasteiger partial charge is 0.508 e. The number of hydrogen-bond donors (Lipinski definition) is 3. The summed E-state index contributed by atoms with van der Waals surface area (Å²) in [4.78, 5) is 30.2. The molecule has 186 valence electrons. The minimum Gasteiger partial charge on any atom is -0.508 e. The van der Waals surface area contributed by atoms with Gasteiger partial charge in [-0.2, -0.15) is 4.98 Å². The van der Waals surface area contributed by atoms with Gasteiger partial charge in [0.15, 0.2) is 5.82 Å². The van der Waals surface area contributed by atoms with Crippen LogP contribution in [0.1, 0.15) is 35.8 Å². The van der Waals surface area contributed by atoms with Gasteiger partial charge in [0.25, 0.3) is 5.91 Å². The van der Waals surface area contributed by atoms with Crippen molar-refractivity contribution in [1.29, 1.82) is 0 Å². The number of nitrogens with zero attached hydrogens (tertiary/aromatic N) is 3. The second kappa shape index (κ2) is 9.98. The zero-order valence-electron chi connectivity index (χ0n) is 20.3. The maximum atomic E-state index is 13.6. The highest BCUT2D eigenvalue weighted by Crippen LogP contribution is 2.37. The van der Waals surface area contributed by atoms with Gasteiger partial charge >= 0.3 is 5.97 Å². The van der Waals surface area contributed by atoms with E-state index in [1.54, 1.807) is 60.1 Å². The van der Waals surface area contributed by atoms with Gasteiger partial charge in [0, 0.05) is 16.9 Å². The van der Waals surface area contributed by atoms with Crippen LogP contribution in [-0.2, 0) is 9.53 Å². The molecule has 3 N–H and O–H groups in total. The van der Waals surface area contributed by atoms with Gasteiger partial charge in [-0.1, -0.05) is 42.5 Å². The first-order valence-electron chi connectivity index (χ1n) is 11.8. The lowest BCUT2D eigenvalue weighted by molar-refractivity contribution is -0.113. The fourth-order valence-electron chi connectivity index (χ4n) is 4.22. The molecule has 0 bridgehead atoms. The van der Waals surface area contributed by atoms with Crippen LogP contribution >= 0.6 is 0 Å². The van der Waals surface area contributed by atoms with Gasteiger partial charge in [0.2, 0.25) is 5.95 Å². The number of esters is 1. The quantitative estimate of drug-likeness (QED) is 0.330. The number of aromatic nitrogens is 3. The van der Waals surface area contributed by atoms with E-state index in [4.69, 9.17) is 9.84 Å². The Labute approximate surface area is 213 Å². The Morgan fingerprint density at radius 3 is 2.41 bits per heavy atom. The van der Waals surface area contributed by atoms with Crippen LogP contribution in [0.5, 0.6) is 5.75 Å². The number of carbonyl (C=O) groups excluding carboxylic acids is 2. The lowest BCUT2D eigenvalue weighted by Gasteiger charge is -2.28. The predicted octanol–water partition coefficient (Wildman–Crippen LogP) is 4.76. The summed E-state index contributed by atoms with van der Waals surface area (Å²) in [5.41, 5.74) is 3.60. The van der Waals surface area contributed by atoms with E-state index < -0.39 is 12.0 Å². The first-order valence-corrected chi connectivity index (χ1v) is 11.8.